The smallest absolute Gasteiger partial charge is 0.272 e. The molecule has 3 heterocycles. The molecule has 1 saturated heterocycles. The Kier molecular flexibility index (Phi) is 4.53. The molecule has 1 saturated carbocycles. The number of carbonyl (C=O) groups is 1. The number of nitrogens with one attached hydrogen (secondary N) is 1. The summed E-state index contributed by atoms with van der Waals surface area (Å²) in [4.78, 5) is 23.2. The first-order valence-corrected chi connectivity index (χ1v) is 9.16. The lowest BCUT2D eigenvalue weighted by Crippen LogP contribution is -2.46. The predicted molar refractivity (Wildman–Crippen MR) is 95.0 cm³/mol. The maximum atomic E-state index is 12.5. The van der Waals surface area contributed by atoms with Crippen LogP contribution in [0.5, 0.6) is 0 Å². The van der Waals surface area contributed by atoms with Gasteiger partial charge in [-0.1, -0.05) is 6.07 Å². The molecule has 132 valence electrons. The number of carbonyl (C=O) groups excluding carboxylic acids is 1. The predicted octanol–water partition coefficient (Wildman–Crippen LogP) is 2.16. The Hall–Kier alpha value is -2.21. The monoisotopic (exact) mass is 339 g/mol. The van der Waals surface area contributed by atoms with Gasteiger partial charge in [0.2, 0.25) is 0 Å². The van der Waals surface area contributed by atoms with E-state index in [1.807, 2.05) is 29.4 Å². The number of amides is 1. The van der Waals surface area contributed by atoms with E-state index >= 15 is 0 Å². The molecule has 2 fully saturated rings. The van der Waals surface area contributed by atoms with Crippen molar-refractivity contribution >= 4 is 5.91 Å². The van der Waals surface area contributed by atoms with E-state index < -0.39 is 0 Å². The molecule has 0 bridgehead atoms. The van der Waals surface area contributed by atoms with Crippen molar-refractivity contribution in [1.82, 2.24) is 24.8 Å². The van der Waals surface area contributed by atoms with E-state index in [4.69, 9.17) is 0 Å². The number of likely N-dealkylation sites (tertiary alicyclic amines) is 1. The van der Waals surface area contributed by atoms with Crippen LogP contribution in [-0.2, 0) is 7.05 Å². The molecule has 6 heteroatoms. The quantitative estimate of drug-likeness (QED) is 0.907. The zero-order chi connectivity index (χ0) is 17.2. The first-order valence-electron chi connectivity index (χ1n) is 9.16. The van der Waals surface area contributed by atoms with Crippen molar-refractivity contribution in [3.8, 4) is 0 Å². The molecule has 0 aromatic carbocycles. The Morgan fingerprint density at radius 3 is 2.56 bits per heavy atom. The van der Waals surface area contributed by atoms with Gasteiger partial charge in [0, 0.05) is 44.8 Å². The Labute approximate surface area is 148 Å². The van der Waals surface area contributed by atoms with Crippen LogP contribution >= 0.6 is 0 Å². The molecule has 25 heavy (non-hydrogen) atoms. The fraction of sp³-hybridized carbons (Fsp3) is 0.526. The van der Waals surface area contributed by atoms with Crippen LogP contribution in [0.2, 0.25) is 0 Å². The van der Waals surface area contributed by atoms with Gasteiger partial charge < -0.3 is 14.8 Å². The molecule has 1 amide bonds. The van der Waals surface area contributed by atoms with Crippen molar-refractivity contribution in [2.45, 2.75) is 37.8 Å². The highest BCUT2D eigenvalue weighted by atomic mass is 16.2. The number of nitrogens with zero attached hydrogens (tertiary/aromatic N) is 4. The molecule has 1 N–H and O–H groups in total. The van der Waals surface area contributed by atoms with Crippen molar-refractivity contribution in [1.29, 1.82) is 0 Å². The second kappa shape index (κ2) is 6.96. The van der Waals surface area contributed by atoms with E-state index in [-0.39, 0.29) is 5.91 Å². The van der Waals surface area contributed by atoms with Crippen LogP contribution in [0.1, 0.15) is 48.0 Å². The van der Waals surface area contributed by atoms with Gasteiger partial charge in [-0.2, -0.15) is 0 Å². The molecule has 0 spiro atoms. The van der Waals surface area contributed by atoms with Crippen molar-refractivity contribution in [2.75, 3.05) is 13.1 Å². The zero-order valence-electron chi connectivity index (χ0n) is 14.6. The van der Waals surface area contributed by atoms with E-state index in [0.29, 0.717) is 23.7 Å². The Morgan fingerprint density at radius 2 is 1.96 bits per heavy atom. The number of aryl methyl sites for hydroxylation is 1. The van der Waals surface area contributed by atoms with Crippen LogP contribution in [0.25, 0.3) is 0 Å². The summed E-state index contributed by atoms with van der Waals surface area (Å²) in [5.41, 5.74) is 0.540. The first-order chi connectivity index (χ1) is 12.2. The molecule has 0 radical (unpaired) electrons. The number of rotatable bonds is 5. The van der Waals surface area contributed by atoms with Crippen molar-refractivity contribution in [3.05, 3.63) is 48.3 Å². The van der Waals surface area contributed by atoms with Gasteiger partial charge in [0.1, 0.15) is 11.5 Å². The standard InChI is InChI=1S/C19H25N5O/c1-23-13-10-21-18(23)17(14-5-6-14)22-15-7-11-24(12-8-15)19(25)16-4-2-3-9-20-16/h2-4,9-10,13-15,17,22H,5-8,11-12H2,1H3/t17-/m1/s1. The van der Waals surface area contributed by atoms with Gasteiger partial charge >= 0.3 is 0 Å². The molecule has 2 aromatic rings. The summed E-state index contributed by atoms with van der Waals surface area (Å²) in [6.45, 7) is 1.57. The van der Waals surface area contributed by atoms with E-state index in [1.165, 1.54) is 12.8 Å². The molecule has 1 atom stereocenters. The molecule has 1 aliphatic heterocycles. The molecule has 6 nitrogen and oxygen atoms in total. The SMILES string of the molecule is Cn1ccnc1[C@H](NC1CCN(C(=O)c2ccccn2)CC1)C1CC1. The van der Waals surface area contributed by atoms with Crippen LogP contribution in [0.3, 0.4) is 0 Å². The fourth-order valence-corrected chi connectivity index (χ4v) is 3.68. The summed E-state index contributed by atoms with van der Waals surface area (Å²) >= 11 is 0. The number of hydrogen-bond acceptors (Lipinski definition) is 4. The van der Waals surface area contributed by atoms with E-state index in [0.717, 1.165) is 31.8 Å². The second-order valence-electron chi connectivity index (χ2n) is 7.16. The minimum Gasteiger partial charge on any atom is -0.337 e. The highest BCUT2D eigenvalue weighted by molar-refractivity contribution is 5.92. The summed E-state index contributed by atoms with van der Waals surface area (Å²) < 4.78 is 2.12. The van der Waals surface area contributed by atoms with Crippen LogP contribution < -0.4 is 5.32 Å². The van der Waals surface area contributed by atoms with Gasteiger partial charge in [-0.25, -0.2) is 4.98 Å². The summed E-state index contributed by atoms with van der Waals surface area (Å²) in [6, 6.07) is 6.26. The minimum absolute atomic E-state index is 0.0434. The number of aromatic nitrogens is 3. The van der Waals surface area contributed by atoms with Crippen LogP contribution in [0, 0.1) is 5.92 Å². The normalized spacial score (nSPS) is 19.8. The van der Waals surface area contributed by atoms with Gasteiger partial charge in [0.05, 0.1) is 6.04 Å². The highest BCUT2D eigenvalue weighted by Crippen LogP contribution is 2.41. The fourth-order valence-electron chi connectivity index (χ4n) is 3.68. The van der Waals surface area contributed by atoms with Gasteiger partial charge in [0.25, 0.3) is 5.91 Å². The molecular formula is C19H25N5O. The molecular weight excluding hydrogens is 314 g/mol. The zero-order valence-corrected chi connectivity index (χ0v) is 14.6. The third kappa shape index (κ3) is 3.58. The largest absolute Gasteiger partial charge is 0.337 e. The lowest BCUT2D eigenvalue weighted by molar-refractivity contribution is 0.0694. The molecule has 1 aliphatic carbocycles. The van der Waals surface area contributed by atoms with Crippen molar-refractivity contribution < 1.29 is 4.79 Å². The van der Waals surface area contributed by atoms with Crippen molar-refractivity contribution in [2.24, 2.45) is 13.0 Å². The van der Waals surface area contributed by atoms with Gasteiger partial charge in [-0.3, -0.25) is 9.78 Å². The van der Waals surface area contributed by atoms with Crippen molar-refractivity contribution in [3.63, 3.8) is 0 Å². The maximum absolute atomic E-state index is 12.5. The first kappa shape index (κ1) is 16.3. The van der Waals surface area contributed by atoms with Gasteiger partial charge in [0.15, 0.2) is 0 Å². The summed E-state index contributed by atoms with van der Waals surface area (Å²) in [5, 5.41) is 3.82. The Bertz CT molecular complexity index is 716. The van der Waals surface area contributed by atoms with Gasteiger partial charge in [-0.15, -0.1) is 0 Å². The van der Waals surface area contributed by atoms with Crippen LogP contribution in [-0.4, -0.2) is 44.5 Å². The summed E-state index contributed by atoms with van der Waals surface area (Å²) in [5.74, 6) is 1.88. The van der Waals surface area contributed by atoms with E-state index in [2.05, 4.69) is 26.9 Å². The Morgan fingerprint density at radius 1 is 1.16 bits per heavy atom. The number of imidazole rings is 1. The molecule has 2 aliphatic rings. The summed E-state index contributed by atoms with van der Waals surface area (Å²) in [7, 11) is 2.06. The number of pyridine rings is 1. The number of hydrogen-bond donors (Lipinski definition) is 1. The lowest BCUT2D eigenvalue weighted by atomic mass is 10.0. The molecule has 2 aromatic heterocycles. The third-order valence-electron chi connectivity index (χ3n) is 5.31. The third-order valence-corrected chi connectivity index (χ3v) is 5.31. The van der Waals surface area contributed by atoms with E-state index in [1.54, 1.807) is 12.3 Å². The topological polar surface area (TPSA) is 63.1 Å². The summed E-state index contributed by atoms with van der Waals surface area (Å²) in [6.07, 6.45) is 10.1. The second-order valence-corrected chi connectivity index (χ2v) is 7.16. The molecule has 0 unspecified atom stereocenters. The number of piperidine rings is 1. The van der Waals surface area contributed by atoms with Crippen LogP contribution in [0.15, 0.2) is 36.8 Å². The average molecular weight is 339 g/mol. The molecule has 4 rings (SSSR count). The maximum Gasteiger partial charge on any atom is 0.272 e. The highest BCUT2D eigenvalue weighted by Gasteiger charge is 2.36. The minimum atomic E-state index is 0.0434. The van der Waals surface area contributed by atoms with E-state index in [9.17, 15) is 4.79 Å². The lowest BCUT2D eigenvalue weighted by Gasteiger charge is -2.34. The van der Waals surface area contributed by atoms with Gasteiger partial charge in [-0.05, 0) is 43.7 Å². The van der Waals surface area contributed by atoms with Crippen LogP contribution in [0.4, 0.5) is 0 Å². The average Bonchev–Trinajstić information content (AvgIpc) is 3.41. The Balaban J connectivity index is 1.35.